The number of pyridine rings is 2. The number of carbonyl (C=O) groups excluding carboxylic acids is 1. The molecular weight excluding hydrogens is 372 g/mol. The first-order valence-electron chi connectivity index (χ1n) is 9.38. The molecule has 3 aromatic heterocycles. The lowest BCUT2D eigenvalue weighted by Crippen LogP contribution is -2.29. The molecule has 0 atom stereocenters. The summed E-state index contributed by atoms with van der Waals surface area (Å²) in [5, 5.41) is 8.20. The van der Waals surface area contributed by atoms with Crippen LogP contribution in [0.3, 0.4) is 0 Å². The molecule has 1 aliphatic rings. The zero-order valence-corrected chi connectivity index (χ0v) is 16.3. The molecule has 7 nitrogen and oxygen atoms in total. The van der Waals surface area contributed by atoms with Crippen LogP contribution >= 0.6 is 11.3 Å². The van der Waals surface area contributed by atoms with Gasteiger partial charge in [-0.2, -0.15) is 0 Å². The normalized spacial score (nSPS) is 14.6. The van der Waals surface area contributed by atoms with Crippen molar-refractivity contribution in [3.8, 4) is 10.6 Å². The van der Waals surface area contributed by atoms with Crippen molar-refractivity contribution < 1.29 is 4.79 Å². The van der Waals surface area contributed by atoms with Crippen molar-refractivity contribution in [2.24, 2.45) is 0 Å². The molecule has 0 bridgehead atoms. The van der Waals surface area contributed by atoms with E-state index in [2.05, 4.69) is 30.5 Å². The number of thiazole rings is 1. The van der Waals surface area contributed by atoms with Crippen molar-refractivity contribution >= 4 is 29.0 Å². The molecule has 2 amide bonds. The first kappa shape index (κ1) is 18.5. The van der Waals surface area contributed by atoms with E-state index >= 15 is 0 Å². The number of anilines is 2. The first-order chi connectivity index (χ1) is 13.8. The van der Waals surface area contributed by atoms with E-state index in [0.717, 1.165) is 35.9 Å². The highest BCUT2D eigenvalue weighted by Crippen LogP contribution is 2.25. The number of likely N-dealkylation sites (tertiary alicyclic amines) is 1. The molecule has 0 saturated carbocycles. The topological polar surface area (TPSA) is 83.0 Å². The average molecular weight is 395 g/mol. The number of rotatable bonds is 5. The van der Waals surface area contributed by atoms with E-state index in [1.165, 1.54) is 30.6 Å². The van der Waals surface area contributed by atoms with Crippen LogP contribution in [-0.4, -0.2) is 39.0 Å². The second-order valence-electron chi connectivity index (χ2n) is 6.70. The Kier molecular flexibility index (Phi) is 5.89. The van der Waals surface area contributed by atoms with Gasteiger partial charge in [-0.3, -0.25) is 20.5 Å². The third-order valence-corrected chi connectivity index (χ3v) is 5.45. The first-order valence-corrected chi connectivity index (χ1v) is 10.3. The van der Waals surface area contributed by atoms with Gasteiger partial charge in [0.15, 0.2) is 0 Å². The second kappa shape index (κ2) is 8.90. The van der Waals surface area contributed by atoms with Gasteiger partial charge in [0.05, 0.1) is 5.69 Å². The third-order valence-electron chi connectivity index (χ3n) is 4.56. The monoisotopic (exact) mass is 394 g/mol. The number of carbonyl (C=O) groups is 1. The highest BCUT2D eigenvalue weighted by molar-refractivity contribution is 7.13. The fraction of sp³-hybridized carbons (Fsp3) is 0.300. The van der Waals surface area contributed by atoms with E-state index in [1.54, 1.807) is 18.5 Å². The zero-order valence-electron chi connectivity index (χ0n) is 15.5. The van der Waals surface area contributed by atoms with Crippen molar-refractivity contribution in [3.63, 3.8) is 0 Å². The molecule has 0 aromatic carbocycles. The van der Waals surface area contributed by atoms with Crippen molar-refractivity contribution in [1.29, 1.82) is 0 Å². The maximum Gasteiger partial charge on any atom is 0.326 e. The Morgan fingerprint density at radius 3 is 2.61 bits per heavy atom. The van der Waals surface area contributed by atoms with Crippen LogP contribution in [0.1, 0.15) is 25.0 Å². The summed E-state index contributed by atoms with van der Waals surface area (Å²) in [7, 11) is 0. The Balaban J connectivity index is 1.35. The number of nitrogens with one attached hydrogen (secondary N) is 2. The summed E-state index contributed by atoms with van der Waals surface area (Å²) in [6.45, 7) is 3.05. The van der Waals surface area contributed by atoms with Crippen LogP contribution in [0, 0.1) is 0 Å². The van der Waals surface area contributed by atoms with Gasteiger partial charge in [-0.05, 0) is 50.2 Å². The molecule has 4 rings (SSSR count). The van der Waals surface area contributed by atoms with Crippen molar-refractivity contribution in [1.82, 2.24) is 19.9 Å². The Morgan fingerprint density at radius 2 is 1.79 bits per heavy atom. The van der Waals surface area contributed by atoms with Crippen molar-refractivity contribution in [2.75, 3.05) is 23.7 Å². The zero-order chi connectivity index (χ0) is 19.2. The fourth-order valence-corrected chi connectivity index (χ4v) is 3.96. The van der Waals surface area contributed by atoms with Gasteiger partial charge in [0.25, 0.3) is 0 Å². The molecule has 4 heterocycles. The molecule has 0 aliphatic carbocycles. The number of piperidine rings is 1. The van der Waals surface area contributed by atoms with Crippen LogP contribution in [0.4, 0.5) is 16.4 Å². The fourth-order valence-electron chi connectivity index (χ4n) is 3.21. The predicted molar refractivity (Wildman–Crippen MR) is 111 cm³/mol. The summed E-state index contributed by atoms with van der Waals surface area (Å²) in [6, 6.07) is 9.14. The van der Waals surface area contributed by atoms with E-state index in [9.17, 15) is 4.79 Å². The number of nitrogens with zero attached hydrogens (tertiary/aromatic N) is 4. The second-order valence-corrected chi connectivity index (χ2v) is 7.56. The molecule has 3 aromatic rings. The molecule has 1 saturated heterocycles. The van der Waals surface area contributed by atoms with Gasteiger partial charge in [0.1, 0.15) is 16.6 Å². The molecule has 0 spiro atoms. The molecular formula is C20H22N6OS. The number of amides is 2. The average Bonchev–Trinajstić information content (AvgIpc) is 3.18. The van der Waals surface area contributed by atoms with Gasteiger partial charge >= 0.3 is 6.03 Å². The summed E-state index contributed by atoms with van der Waals surface area (Å²) in [5.41, 5.74) is 1.94. The van der Waals surface area contributed by atoms with Crippen LogP contribution in [0.2, 0.25) is 0 Å². The standard InChI is InChI=1S/C20H22N6OS/c27-20(25-18-14-28-19(23-18)15-7-9-21-10-8-15)24-17-6-4-5-16(22-17)13-26-11-2-1-3-12-26/h4-10,14H,1-3,11-13H2,(H2,22,24,25,27). The summed E-state index contributed by atoms with van der Waals surface area (Å²) < 4.78 is 0. The van der Waals surface area contributed by atoms with Gasteiger partial charge in [0, 0.05) is 29.9 Å². The van der Waals surface area contributed by atoms with Crippen LogP contribution < -0.4 is 10.6 Å². The van der Waals surface area contributed by atoms with Gasteiger partial charge in [-0.1, -0.05) is 12.5 Å². The molecule has 0 radical (unpaired) electrons. The highest BCUT2D eigenvalue weighted by atomic mass is 32.1. The number of aromatic nitrogens is 3. The summed E-state index contributed by atoms with van der Waals surface area (Å²) >= 11 is 1.47. The highest BCUT2D eigenvalue weighted by Gasteiger charge is 2.12. The maximum absolute atomic E-state index is 12.3. The third kappa shape index (κ3) is 4.90. The quantitative estimate of drug-likeness (QED) is 0.677. The van der Waals surface area contributed by atoms with Crippen molar-refractivity contribution in [3.05, 3.63) is 53.8 Å². The molecule has 1 aliphatic heterocycles. The number of hydrogen-bond donors (Lipinski definition) is 2. The SMILES string of the molecule is O=C(Nc1cccc(CN2CCCCC2)n1)Nc1csc(-c2ccncc2)n1. The van der Waals surface area contributed by atoms with E-state index in [4.69, 9.17) is 0 Å². The summed E-state index contributed by atoms with van der Waals surface area (Å²) in [5.74, 6) is 1.05. The summed E-state index contributed by atoms with van der Waals surface area (Å²) in [4.78, 5) is 27.7. The van der Waals surface area contributed by atoms with Gasteiger partial charge in [-0.15, -0.1) is 11.3 Å². The Morgan fingerprint density at radius 1 is 1.00 bits per heavy atom. The molecule has 2 N–H and O–H groups in total. The predicted octanol–water partition coefficient (Wildman–Crippen LogP) is 4.23. The Hall–Kier alpha value is -2.84. The maximum atomic E-state index is 12.3. The largest absolute Gasteiger partial charge is 0.326 e. The minimum absolute atomic E-state index is 0.353. The molecule has 144 valence electrons. The van der Waals surface area contributed by atoms with E-state index in [0.29, 0.717) is 11.6 Å². The lowest BCUT2D eigenvalue weighted by atomic mass is 10.1. The van der Waals surface area contributed by atoms with Crippen LogP contribution in [0.5, 0.6) is 0 Å². The minimum Gasteiger partial charge on any atom is -0.298 e. The minimum atomic E-state index is -0.353. The van der Waals surface area contributed by atoms with Crippen LogP contribution in [-0.2, 0) is 6.54 Å². The van der Waals surface area contributed by atoms with E-state index < -0.39 is 0 Å². The number of hydrogen-bond acceptors (Lipinski definition) is 6. The van der Waals surface area contributed by atoms with Crippen molar-refractivity contribution in [2.45, 2.75) is 25.8 Å². The van der Waals surface area contributed by atoms with Gasteiger partial charge < -0.3 is 0 Å². The number of urea groups is 1. The Labute approximate surface area is 167 Å². The van der Waals surface area contributed by atoms with Crippen LogP contribution in [0.15, 0.2) is 48.1 Å². The lowest BCUT2D eigenvalue weighted by Gasteiger charge is -2.26. The molecule has 1 fully saturated rings. The van der Waals surface area contributed by atoms with Gasteiger partial charge in [-0.25, -0.2) is 14.8 Å². The van der Waals surface area contributed by atoms with E-state index in [-0.39, 0.29) is 6.03 Å². The van der Waals surface area contributed by atoms with Crippen LogP contribution in [0.25, 0.3) is 10.6 Å². The summed E-state index contributed by atoms with van der Waals surface area (Å²) in [6.07, 6.45) is 7.24. The molecule has 8 heteroatoms. The molecule has 0 unspecified atom stereocenters. The lowest BCUT2D eigenvalue weighted by molar-refractivity contribution is 0.218. The Bertz CT molecular complexity index is 923. The van der Waals surface area contributed by atoms with Gasteiger partial charge in [0.2, 0.25) is 0 Å². The molecule has 28 heavy (non-hydrogen) atoms. The van der Waals surface area contributed by atoms with E-state index in [1.807, 2.05) is 29.6 Å². The smallest absolute Gasteiger partial charge is 0.298 e.